The standard InChI is InChI=1S/C13H21N3O2/c1-2-16(10-5-3-4-6-10)9-12-11(7-8-18-12)13(17)15-14/h7-8,10H,2-6,9,14H2,1H3,(H,15,17). The first kappa shape index (κ1) is 13.1. The molecular weight excluding hydrogens is 230 g/mol. The summed E-state index contributed by atoms with van der Waals surface area (Å²) in [5.41, 5.74) is 2.69. The highest BCUT2D eigenvalue weighted by Gasteiger charge is 2.24. The van der Waals surface area contributed by atoms with E-state index in [2.05, 4.69) is 17.2 Å². The minimum absolute atomic E-state index is 0.291. The van der Waals surface area contributed by atoms with Gasteiger partial charge in [-0.1, -0.05) is 19.8 Å². The van der Waals surface area contributed by atoms with Crippen molar-refractivity contribution in [3.05, 3.63) is 23.7 Å². The molecule has 5 nitrogen and oxygen atoms in total. The molecule has 3 N–H and O–H groups in total. The Labute approximate surface area is 107 Å². The van der Waals surface area contributed by atoms with E-state index in [0.29, 0.717) is 23.9 Å². The molecule has 0 aromatic carbocycles. The van der Waals surface area contributed by atoms with Crippen LogP contribution in [0.5, 0.6) is 0 Å². The first-order valence-electron chi connectivity index (χ1n) is 6.57. The molecule has 0 aliphatic heterocycles. The molecule has 0 unspecified atom stereocenters. The summed E-state index contributed by atoms with van der Waals surface area (Å²) in [5, 5.41) is 0. The third-order valence-electron chi connectivity index (χ3n) is 3.72. The predicted octanol–water partition coefficient (Wildman–Crippen LogP) is 1.65. The van der Waals surface area contributed by atoms with Crippen LogP contribution in [0.2, 0.25) is 0 Å². The van der Waals surface area contributed by atoms with Gasteiger partial charge in [-0.2, -0.15) is 0 Å². The number of nitrogens with two attached hydrogens (primary N) is 1. The second kappa shape index (κ2) is 6.02. The van der Waals surface area contributed by atoms with Crippen LogP contribution in [0.25, 0.3) is 0 Å². The van der Waals surface area contributed by atoms with Crippen LogP contribution in [-0.2, 0) is 6.54 Å². The minimum atomic E-state index is -0.291. The van der Waals surface area contributed by atoms with Gasteiger partial charge in [-0.15, -0.1) is 0 Å². The fourth-order valence-electron chi connectivity index (χ4n) is 2.70. The largest absolute Gasteiger partial charge is 0.467 e. The Kier molecular flexibility index (Phi) is 4.38. The Balaban J connectivity index is 2.07. The van der Waals surface area contributed by atoms with E-state index in [0.717, 1.165) is 6.54 Å². The van der Waals surface area contributed by atoms with E-state index < -0.39 is 0 Å². The molecule has 100 valence electrons. The van der Waals surface area contributed by atoms with Crippen molar-refractivity contribution in [2.75, 3.05) is 6.54 Å². The third kappa shape index (κ3) is 2.73. The SMILES string of the molecule is CCN(Cc1occc1C(=O)NN)C1CCCC1. The molecule has 1 aliphatic rings. The molecule has 1 heterocycles. The summed E-state index contributed by atoms with van der Waals surface area (Å²) in [6.07, 6.45) is 6.63. The average Bonchev–Trinajstić information content (AvgIpc) is 3.05. The van der Waals surface area contributed by atoms with Crippen LogP contribution in [0.1, 0.15) is 48.7 Å². The van der Waals surface area contributed by atoms with Crippen LogP contribution in [0.15, 0.2) is 16.7 Å². The van der Waals surface area contributed by atoms with Crippen molar-refractivity contribution in [3.63, 3.8) is 0 Å². The first-order valence-corrected chi connectivity index (χ1v) is 6.57. The quantitative estimate of drug-likeness (QED) is 0.474. The molecule has 0 radical (unpaired) electrons. The molecule has 18 heavy (non-hydrogen) atoms. The molecule has 1 aromatic rings. The van der Waals surface area contributed by atoms with E-state index in [1.54, 1.807) is 12.3 Å². The zero-order valence-corrected chi connectivity index (χ0v) is 10.8. The monoisotopic (exact) mass is 251 g/mol. The number of nitrogens with zero attached hydrogens (tertiary/aromatic N) is 1. The Morgan fingerprint density at radius 2 is 2.28 bits per heavy atom. The van der Waals surface area contributed by atoms with E-state index >= 15 is 0 Å². The van der Waals surface area contributed by atoms with Gasteiger partial charge in [0.05, 0.1) is 18.4 Å². The zero-order valence-electron chi connectivity index (χ0n) is 10.8. The molecule has 0 spiro atoms. The number of hydrogen-bond acceptors (Lipinski definition) is 4. The number of rotatable bonds is 5. The van der Waals surface area contributed by atoms with Crippen LogP contribution in [0.4, 0.5) is 0 Å². The lowest BCUT2D eigenvalue weighted by Crippen LogP contribution is -2.34. The van der Waals surface area contributed by atoms with Gasteiger partial charge in [0, 0.05) is 6.04 Å². The van der Waals surface area contributed by atoms with Crippen molar-refractivity contribution in [1.82, 2.24) is 10.3 Å². The van der Waals surface area contributed by atoms with Gasteiger partial charge in [-0.25, -0.2) is 5.84 Å². The lowest BCUT2D eigenvalue weighted by Gasteiger charge is -2.26. The highest BCUT2D eigenvalue weighted by molar-refractivity contribution is 5.94. The molecule has 1 amide bonds. The van der Waals surface area contributed by atoms with Gasteiger partial charge >= 0.3 is 0 Å². The lowest BCUT2D eigenvalue weighted by molar-refractivity contribution is 0.0948. The summed E-state index contributed by atoms with van der Waals surface area (Å²) in [6.45, 7) is 3.79. The number of furan rings is 1. The molecule has 5 heteroatoms. The summed E-state index contributed by atoms with van der Waals surface area (Å²) in [6, 6.07) is 2.29. The lowest BCUT2D eigenvalue weighted by atomic mass is 10.1. The van der Waals surface area contributed by atoms with Crippen LogP contribution in [0, 0.1) is 0 Å². The molecular formula is C13H21N3O2. The number of nitrogen functional groups attached to an aromatic ring is 1. The van der Waals surface area contributed by atoms with Crippen LogP contribution in [-0.4, -0.2) is 23.4 Å². The topological polar surface area (TPSA) is 71.5 Å². The number of hydrazine groups is 1. The Morgan fingerprint density at radius 3 is 2.89 bits per heavy atom. The van der Waals surface area contributed by atoms with Crippen molar-refractivity contribution in [2.45, 2.75) is 45.2 Å². The second-order valence-corrected chi connectivity index (χ2v) is 4.73. The Hall–Kier alpha value is -1.33. The zero-order chi connectivity index (χ0) is 13.0. The summed E-state index contributed by atoms with van der Waals surface area (Å²) < 4.78 is 5.42. The van der Waals surface area contributed by atoms with Crippen molar-refractivity contribution in [1.29, 1.82) is 0 Å². The van der Waals surface area contributed by atoms with Gasteiger partial charge < -0.3 is 4.42 Å². The van der Waals surface area contributed by atoms with Crippen molar-refractivity contribution < 1.29 is 9.21 Å². The van der Waals surface area contributed by atoms with Crippen LogP contribution in [0.3, 0.4) is 0 Å². The maximum atomic E-state index is 11.6. The second-order valence-electron chi connectivity index (χ2n) is 4.73. The van der Waals surface area contributed by atoms with Gasteiger partial charge in [0.1, 0.15) is 5.76 Å². The van der Waals surface area contributed by atoms with Gasteiger partial charge in [-0.05, 0) is 25.5 Å². The summed E-state index contributed by atoms with van der Waals surface area (Å²) in [4.78, 5) is 13.9. The molecule has 0 bridgehead atoms. The fourth-order valence-corrected chi connectivity index (χ4v) is 2.70. The highest BCUT2D eigenvalue weighted by atomic mass is 16.3. The first-order chi connectivity index (χ1) is 8.76. The maximum Gasteiger partial charge on any atom is 0.268 e. The number of carbonyl (C=O) groups is 1. The molecule has 2 rings (SSSR count). The molecule has 0 atom stereocenters. The van der Waals surface area contributed by atoms with Gasteiger partial charge in [-0.3, -0.25) is 15.1 Å². The Morgan fingerprint density at radius 1 is 1.56 bits per heavy atom. The van der Waals surface area contributed by atoms with E-state index in [1.807, 2.05) is 0 Å². The maximum absolute atomic E-state index is 11.6. The summed E-state index contributed by atoms with van der Waals surface area (Å²) in [5.74, 6) is 5.57. The van der Waals surface area contributed by atoms with E-state index in [1.165, 1.54) is 25.7 Å². The van der Waals surface area contributed by atoms with E-state index in [4.69, 9.17) is 10.3 Å². The number of nitrogens with one attached hydrogen (secondary N) is 1. The van der Waals surface area contributed by atoms with Crippen LogP contribution < -0.4 is 11.3 Å². The molecule has 0 saturated heterocycles. The van der Waals surface area contributed by atoms with Gasteiger partial charge in [0.2, 0.25) is 0 Å². The van der Waals surface area contributed by atoms with E-state index in [-0.39, 0.29) is 5.91 Å². The number of carbonyl (C=O) groups excluding carboxylic acids is 1. The predicted molar refractivity (Wildman–Crippen MR) is 68.7 cm³/mol. The van der Waals surface area contributed by atoms with Crippen molar-refractivity contribution in [2.24, 2.45) is 5.84 Å². The average molecular weight is 251 g/mol. The summed E-state index contributed by atoms with van der Waals surface area (Å²) in [7, 11) is 0. The number of amides is 1. The molecule has 1 saturated carbocycles. The molecule has 1 aliphatic carbocycles. The third-order valence-corrected chi connectivity index (χ3v) is 3.72. The smallest absolute Gasteiger partial charge is 0.268 e. The Bertz CT molecular complexity index is 397. The minimum Gasteiger partial charge on any atom is -0.467 e. The molecule has 1 fully saturated rings. The van der Waals surface area contributed by atoms with Crippen LogP contribution >= 0.6 is 0 Å². The fraction of sp³-hybridized carbons (Fsp3) is 0.615. The van der Waals surface area contributed by atoms with Crippen molar-refractivity contribution >= 4 is 5.91 Å². The van der Waals surface area contributed by atoms with E-state index in [9.17, 15) is 4.79 Å². The highest BCUT2D eigenvalue weighted by Crippen LogP contribution is 2.25. The normalized spacial score (nSPS) is 16.4. The summed E-state index contributed by atoms with van der Waals surface area (Å²) >= 11 is 0. The van der Waals surface area contributed by atoms with Gasteiger partial charge in [0.25, 0.3) is 5.91 Å². The van der Waals surface area contributed by atoms with Crippen molar-refractivity contribution in [3.8, 4) is 0 Å². The molecule has 1 aromatic heterocycles. The van der Waals surface area contributed by atoms with Gasteiger partial charge in [0.15, 0.2) is 0 Å². The number of hydrogen-bond donors (Lipinski definition) is 2.